The van der Waals surface area contributed by atoms with Gasteiger partial charge in [0.05, 0.1) is 47.8 Å². The van der Waals surface area contributed by atoms with Crippen LogP contribution in [-0.2, 0) is 17.9 Å². The second-order valence-corrected chi connectivity index (χ2v) is 6.84. The van der Waals surface area contributed by atoms with Gasteiger partial charge in [0.15, 0.2) is 5.82 Å². The molecule has 3 aromatic rings. The van der Waals surface area contributed by atoms with E-state index in [9.17, 15) is 4.79 Å². The summed E-state index contributed by atoms with van der Waals surface area (Å²) < 4.78 is 3.95. The van der Waals surface area contributed by atoms with Gasteiger partial charge in [-0.2, -0.15) is 5.10 Å². The first-order valence-corrected chi connectivity index (χ1v) is 8.80. The molecule has 0 saturated carbocycles. The van der Waals surface area contributed by atoms with Gasteiger partial charge in [-0.3, -0.25) is 14.3 Å². The molecule has 5 rings (SSSR count). The molecule has 2 aromatic heterocycles. The lowest BCUT2D eigenvalue weighted by atomic mass is 10.1. The molecule has 2 aliphatic rings. The van der Waals surface area contributed by atoms with Gasteiger partial charge < -0.3 is 5.32 Å². The smallest absolute Gasteiger partial charge is 0.234 e. The number of piperazine rings is 1. The Morgan fingerprint density at radius 2 is 2.15 bits per heavy atom. The van der Waals surface area contributed by atoms with Crippen LogP contribution in [-0.4, -0.2) is 54.8 Å². The first-order valence-electron chi connectivity index (χ1n) is 8.42. The van der Waals surface area contributed by atoms with Gasteiger partial charge in [-0.25, -0.2) is 14.6 Å². The summed E-state index contributed by atoms with van der Waals surface area (Å²) in [6, 6.07) is 5.80. The van der Waals surface area contributed by atoms with E-state index < -0.39 is 0 Å². The van der Waals surface area contributed by atoms with E-state index in [1.807, 2.05) is 29.1 Å². The average molecular weight is 370 g/mol. The zero-order valence-corrected chi connectivity index (χ0v) is 14.6. The van der Waals surface area contributed by atoms with Crippen LogP contribution in [0.15, 0.2) is 30.7 Å². The van der Waals surface area contributed by atoms with Crippen molar-refractivity contribution < 1.29 is 4.79 Å². The van der Waals surface area contributed by atoms with Gasteiger partial charge in [0.1, 0.15) is 12.2 Å². The minimum atomic E-state index is 0.0478. The SMILES string of the molecule is O=C1CN(Cc2ncc3n2-c2cccc(Cl)c2-c2ncnn2C3)CCN1. The van der Waals surface area contributed by atoms with Crippen molar-refractivity contribution in [1.29, 1.82) is 0 Å². The molecule has 8 nitrogen and oxygen atoms in total. The molecule has 0 bridgehead atoms. The molecule has 132 valence electrons. The highest BCUT2D eigenvalue weighted by molar-refractivity contribution is 6.33. The normalized spacial score (nSPS) is 16.4. The van der Waals surface area contributed by atoms with Gasteiger partial charge in [0, 0.05) is 13.1 Å². The third-order valence-electron chi connectivity index (χ3n) is 4.77. The molecular formula is C17H16ClN7O. The number of hydrogen-bond acceptors (Lipinski definition) is 5. The van der Waals surface area contributed by atoms with Gasteiger partial charge in [-0.15, -0.1) is 0 Å². The number of imidazole rings is 1. The lowest BCUT2D eigenvalue weighted by Gasteiger charge is -2.26. The van der Waals surface area contributed by atoms with E-state index >= 15 is 0 Å². The van der Waals surface area contributed by atoms with Crippen molar-refractivity contribution in [3.8, 4) is 17.1 Å². The number of fused-ring (bicyclic) bond motifs is 5. The monoisotopic (exact) mass is 369 g/mol. The predicted octanol–water partition coefficient (Wildman–Crippen LogP) is 1.08. The summed E-state index contributed by atoms with van der Waals surface area (Å²) in [5.74, 6) is 1.67. The molecule has 0 radical (unpaired) electrons. The molecule has 1 saturated heterocycles. The Morgan fingerprint density at radius 3 is 3.04 bits per heavy atom. The highest BCUT2D eigenvalue weighted by atomic mass is 35.5. The van der Waals surface area contributed by atoms with Gasteiger partial charge in [0.2, 0.25) is 5.91 Å². The molecule has 0 atom stereocenters. The third kappa shape index (κ3) is 2.41. The van der Waals surface area contributed by atoms with Crippen molar-refractivity contribution in [2.75, 3.05) is 19.6 Å². The number of halogens is 1. The van der Waals surface area contributed by atoms with E-state index in [2.05, 4.69) is 29.9 Å². The fourth-order valence-corrected chi connectivity index (χ4v) is 3.87. The standard InChI is InChI=1S/C17H16ClN7O/c18-12-2-1-3-13-16(12)17-21-10-22-24(17)7-11-6-20-14(25(11)13)8-23-5-4-19-15(26)9-23/h1-3,6,10H,4-5,7-9H2,(H,19,26). The van der Waals surface area contributed by atoms with Crippen LogP contribution in [0.25, 0.3) is 17.1 Å². The van der Waals surface area contributed by atoms with E-state index in [4.69, 9.17) is 11.6 Å². The van der Waals surface area contributed by atoms with Crippen molar-refractivity contribution in [2.24, 2.45) is 0 Å². The van der Waals surface area contributed by atoms with E-state index in [1.165, 1.54) is 0 Å². The summed E-state index contributed by atoms with van der Waals surface area (Å²) in [6.07, 6.45) is 3.41. The van der Waals surface area contributed by atoms with Crippen LogP contribution in [0.1, 0.15) is 11.5 Å². The number of aromatic nitrogens is 5. The quantitative estimate of drug-likeness (QED) is 0.572. The topological polar surface area (TPSA) is 80.9 Å². The van der Waals surface area contributed by atoms with Crippen LogP contribution in [0, 0.1) is 0 Å². The maximum atomic E-state index is 11.7. The molecule has 1 N–H and O–H groups in total. The first kappa shape index (κ1) is 15.5. The highest BCUT2D eigenvalue weighted by Gasteiger charge is 2.26. The van der Waals surface area contributed by atoms with Crippen LogP contribution in [0.4, 0.5) is 0 Å². The molecule has 4 heterocycles. The van der Waals surface area contributed by atoms with Crippen molar-refractivity contribution in [2.45, 2.75) is 13.1 Å². The Hall–Kier alpha value is -2.71. The predicted molar refractivity (Wildman–Crippen MR) is 95.0 cm³/mol. The maximum absolute atomic E-state index is 11.7. The number of carbonyl (C=O) groups is 1. The lowest BCUT2D eigenvalue weighted by Crippen LogP contribution is -2.47. The van der Waals surface area contributed by atoms with Crippen LogP contribution in [0.2, 0.25) is 5.02 Å². The number of amides is 1. The van der Waals surface area contributed by atoms with Gasteiger partial charge >= 0.3 is 0 Å². The number of nitrogens with one attached hydrogen (secondary N) is 1. The molecule has 2 aliphatic heterocycles. The fraction of sp³-hybridized carbons (Fsp3) is 0.294. The van der Waals surface area contributed by atoms with E-state index in [0.717, 1.165) is 35.1 Å². The second-order valence-electron chi connectivity index (χ2n) is 6.44. The lowest BCUT2D eigenvalue weighted by molar-refractivity contribution is -0.124. The zero-order chi connectivity index (χ0) is 17.7. The van der Waals surface area contributed by atoms with Crippen molar-refractivity contribution in [3.05, 3.63) is 47.3 Å². The van der Waals surface area contributed by atoms with E-state index in [1.54, 1.807) is 6.33 Å². The van der Waals surface area contributed by atoms with E-state index in [-0.39, 0.29) is 5.91 Å². The summed E-state index contributed by atoms with van der Waals surface area (Å²) in [6.45, 7) is 3.00. The molecule has 0 spiro atoms. The Kier molecular flexibility index (Phi) is 3.54. The molecular weight excluding hydrogens is 354 g/mol. The first-order chi connectivity index (χ1) is 12.7. The Balaban J connectivity index is 1.63. The molecule has 1 amide bonds. The summed E-state index contributed by atoms with van der Waals surface area (Å²) in [5.41, 5.74) is 2.79. The zero-order valence-electron chi connectivity index (χ0n) is 13.9. The van der Waals surface area contributed by atoms with Gasteiger partial charge in [-0.1, -0.05) is 17.7 Å². The Bertz CT molecular complexity index is 1010. The van der Waals surface area contributed by atoms with Crippen molar-refractivity contribution in [1.82, 2.24) is 34.5 Å². The number of nitrogens with zero attached hydrogens (tertiary/aromatic N) is 6. The van der Waals surface area contributed by atoms with Crippen LogP contribution < -0.4 is 5.32 Å². The highest BCUT2D eigenvalue weighted by Crippen LogP contribution is 2.36. The molecule has 26 heavy (non-hydrogen) atoms. The minimum Gasteiger partial charge on any atom is -0.354 e. The fourth-order valence-electron chi connectivity index (χ4n) is 3.62. The van der Waals surface area contributed by atoms with Crippen LogP contribution >= 0.6 is 11.6 Å². The van der Waals surface area contributed by atoms with Gasteiger partial charge in [-0.05, 0) is 12.1 Å². The Morgan fingerprint density at radius 1 is 1.23 bits per heavy atom. The number of benzene rings is 1. The molecule has 0 unspecified atom stereocenters. The van der Waals surface area contributed by atoms with Crippen molar-refractivity contribution >= 4 is 17.5 Å². The van der Waals surface area contributed by atoms with E-state index in [0.29, 0.717) is 31.2 Å². The maximum Gasteiger partial charge on any atom is 0.234 e. The summed E-state index contributed by atoms with van der Waals surface area (Å²) in [7, 11) is 0. The minimum absolute atomic E-state index is 0.0478. The third-order valence-corrected chi connectivity index (χ3v) is 5.09. The summed E-state index contributed by atoms with van der Waals surface area (Å²) >= 11 is 6.52. The van der Waals surface area contributed by atoms with Crippen molar-refractivity contribution in [3.63, 3.8) is 0 Å². The molecule has 1 aromatic carbocycles. The summed E-state index contributed by atoms with van der Waals surface area (Å²) in [5, 5.41) is 7.81. The van der Waals surface area contributed by atoms with Crippen LogP contribution in [0.5, 0.6) is 0 Å². The Labute approximate surface area is 154 Å². The number of hydrogen-bond donors (Lipinski definition) is 1. The largest absolute Gasteiger partial charge is 0.354 e. The molecule has 9 heteroatoms. The molecule has 0 aliphatic carbocycles. The second kappa shape index (κ2) is 5.93. The summed E-state index contributed by atoms with van der Waals surface area (Å²) in [4.78, 5) is 22.8. The van der Waals surface area contributed by atoms with Crippen LogP contribution in [0.3, 0.4) is 0 Å². The average Bonchev–Trinajstić information content (AvgIpc) is 3.20. The van der Waals surface area contributed by atoms with Gasteiger partial charge in [0.25, 0.3) is 0 Å². The molecule has 1 fully saturated rings. The number of rotatable bonds is 2. The number of carbonyl (C=O) groups excluding carboxylic acids is 1.